The number of aromatic nitrogens is 4. The zero-order valence-electron chi connectivity index (χ0n) is 27.7. The number of rotatable bonds is 13. The molecule has 276 valence electrons. The van der Waals surface area contributed by atoms with Crippen LogP contribution in [0.2, 0.25) is 5.02 Å². The molecule has 1 aliphatic carbocycles. The van der Waals surface area contributed by atoms with Gasteiger partial charge in [0.05, 0.1) is 24.5 Å². The number of nitrogen functional groups attached to an aromatic ring is 1. The quantitative estimate of drug-likeness (QED) is 0.0735. The van der Waals surface area contributed by atoms with Crippen molar-refractivity contribution in [1.82, 2.24) is 25.3 Å². The van der Waals surface area contributed by atoms with Crippen molar-refractivity contribution in [3.05, 3.63) is 83.0 Å². The number of nitrogens with zero attached hydrogens (tertiary/aromatic N) is 5. The van der Waals surface area contributed by atoms with Crippen molar-refractivity contribution in [2.75, 3.05) is 41.9 Å². The summed E-state index contributed by atoms with van der Waals surface area (Å²) in [5.74, 6) is -3.76. The summed E-state index contributed by atoms with van der Waals surface area (Å²) in [5.41, 5.74) is 6.09. The number of aliphatic imine (C=N–C) groups is 1. The number of carbonyl (C=O) groups is 4. The van der Waals surface area contributed by atoms with Crippen LogP contribution in [0.15, 0.2) is 71.9 Å². The predicted molar refractivity (Wildman–Crippen MR) is 186 cm³/mol. The van der Waals surface area contributed by atoms with Crippen LogP contribution < -0.4 is 31.7 Å². The molecular weight excluding hydrogens is 725 g/mol. The molecule has 0 saturated heterocycles. The molecule has 20 heteroatoms. The molecule has 2 heterocycles. The lowest BCUT2D eigenvalue weighted by Crippen LogP contribution is -2.37. The Morgan fingerprint density at radius 3 is 2.23 bits per heavy atom. The van der Waals surface area contributed by atoms with E-state index < -0.39 is 48.0 Å². The maximum atomic E-state index is 13.0. The van der Waals surface area contributed by atoms with Crippen molar-refractivity contribution >= 4 is 70.1 Å². The van der Waals surface area contributed by atoms with Gasteiger partial charge in [-0.2, -0.15) is 28.1 Å². The molecule has 2 aromatic carbocycles. The third-order valence-corrected chi connectivity index (χ3v) is 7.67. The van der Waals surface area contributed by atoms with Crippen LogP contribution in [0.4, 0.5) is 42.3 Å². The molecule has 1 aliphatic rings. The Balaban J connectivity index is 1.24. The minimum absolute atomic E-state index is 0.0421. The molecule has 6 N–H and O–H groups in total. The number of halogens is 4. The number of carbonyl (C=O) groups excluding carboxylic acids is 4. The van der Waals surface area contributed by atoms with Gasteiger partial charge in [0, 0.05) is 29.2 Å². The lowest BCUT2D eigenvalue weighted by molar-refractivity contribution is -0.154. The second-order valence-electron chi connectivity index (χ2n) is 11.4. The number of nitrogens with one attached hydrogen (secondary N) is 4. The van der Waals surface area contributed by atoms with Crippen molar-refractivity contribution < 1.29 is 41.8 Å². The van der Waals surface area contributed by atoms with E-state index in [1.807, 2.05) is 12.1 Å². The van der Waals surface area contributed by atoms with Gasteiger partial charge >= 0.3 is 30.0 Å². The number of methoxy groups -OCH3 is 1. The van der Waals surface area contributed by atoms with Crippen LogP contribution in [0.25, 0.3) is 0 Å². The smallest absolute Gasteiger partial charge is 0.422 e. The molecule has 1 saturated carbocycles. The monoisotopic (exact) mass is 754 g/mol. The van der Waals surface area contributed by atoms with Crippen molar-refractivity contribution in [2.24, 2.45) is 4.99 Å². The minimum atomic E-state index is -4.64. The van der Waals surface area contributed by atoms with Crippen LogP contribution in [0.5, 0.6) is 6.01 Å². The number of hydrogen-bond acceptors (Lipinski definition) is 13. The zero-order valence-corrected chi connectivity index (χ0v) is 28.4. The second-order valence-corrected chi connectivity index (χ2v) is 11.8. The standard InChI is InChI=1S/C33H30ClF3N10O6/c1-52-28(51)23(12-15-39-26(49)27(50)41-22-10-11-24(38)40-16-22)43-25(48)18-2-8-21(9-3-18)42-29-44-30(46-31(45-29)53-17-33(35,36)37)47-32(13-14-32)19-4-6-20(34)7-5-19/h2-11,16H,12-15,17H2,1H3,(H2,38,40)(H,39,49)(H,41,50)(H2,42,44,45,46,47)/b43-23-. The SMILES string of the molecule is COC(=O)/C(CCNC(=O)C(=O)Nc1ccc(N)nc1)=N\C(=O)c1ccc(Nc2nc(NC3(c4ccc(Cl)cc4)CC3)nc(OCC(F)(F)F)n2)cc1. The van der Waals surface area contributed by atoms with Crippen molar-refractivity contribution in [1.29, 1.82) is 0 Å². The summed E-state index contributed by atoms with van der Waals surface area (Å²) in [7, 11) is 1.08. The van der Waals surface area contributed by atoms with Crippen LogP contribution in [-0.4, -0.2) is 75.8 Å². The topological polar surface area (TPSA) is 225 Å². The maximum Gasteiger partial charge on any atom is 0.422 e. The summed E-state index contributed by atoms with van der Waals surface area (Å²) < 4.78 is 48.3. The molecule has 3 amide bonds. The summed E-state index contributed by atoms with van der Waals surface area (Å²) >= 11 is 6.02. The molecule has 0 atom stereocenters. The first-order valence-corrected chi connectivity index (χ1v) is 16.0. The van der Waals surface area contributed by atoms with E-state index in [2.05, 4.69) is 46.2 Å². The van der Waals surface area contributed by atoms with Crippen LogP contribution >= 0.6 is 11.6 Å². The Morgan fingerprint density at radius 2 is 1.60 bits per heavy atom. The van der Waals surface area contributed by atoms with E-state index >= 15 is 0 Å². The summed E-state index contributed by atoms with van der Waals surface area (Å²) in [5, 5.41) is 11.2. The number of nitrogens with two attached hydrogens (primary N) is 1. The van der Waals surface area contributed by atoms with E-state index in [1.54, 1.807) is 12.1 Å². The fraction of sp³-hybridized carbons (Fsp3) is 0.242. The first-order chi connectivity index (χ1) is 25.2. The molecule has 16 nitrogen and oxygen atoms in total. The van der Waals surface area contributed by atoms with E-state index in [-0.39, 0.29) is 47.6 Å². The highest BCUT2D eigenvalue weighted by atomic mass is 35.5. The number of alkyl halides is 3. The highest BCUT2D eigenvalue weighted by molar-refractivity contribution is 6.40. The van der Waals surface area contributed by atoms with E-state index in [4.69, 9.17) is 26.8 Å². The van der Waals surface area contributed by atoms with E-state index in [0.717, 1.165) is 12.7 Å². The zero-order chi connectivity index (χ0) is 38.2. The van der Waals surface area contributed by atoms with Gasteiger partial charge in [-0.05, 0) is 66.9 Å². The molecule has 0 aliphatic heterocycles. The molecule has 5 rings (SSSR count). The van der Waals surface area contributed by atoms with Crippen LogP contribution in [-0.2, 0) is 24.7 Å². The Labute approximate surface area is 303 Å². The van der Waals surface area contributed by atoms with Crippen LogP contribution in [0, 0.1) is 0 Å². The van der Waals surface area contributed by atoms with E-state index in [9.17, 15) is 32.3 Å². The third-order valence-electron chi connectivity index (χ3n) is 7.42. The number of esters is 1. The van der Waals surface area contributed by atoms with E-state index in [1.165, 1.54) is 42.6 Å². The Kier molecular flexibility index (Phi) is 11.7. The van der Waals surface area contributed by atoms with Crippen LogP contribution in [0.3, 0.4) is 0 Å². The van der Waals surface area contributed by atoms with Crippen molar-refractivity contribution in [3.8, 4) is 6.01 Å². The average Bonchev–Trinajstić information content (AvgIpc) is 3.91. The lowest BCUT2D eigenvalue weighted by Gasteiger charge is -2.19. The minimum Gasteiger partial charge on any atom is -0.465 e. The summed E-state index contributed by atoms with van der Waals surface area (Å²) in [6, 6.07) is 15.0. The molecule has 1 fully saturated rings. The van der Waals surface area contributed by atoms with Gasteiger partial charge in [-0.15, -0.1) is 0 Å². The molecule has 0 bridgehead atoms. The van der Waals surface area contributed by atoms with Gasteiger partial charge in [-0.25, -0.2) is 14.8 Å². The molecule has 0 unspecified atom stereocenters. The number of hydrogen-bond donors (Lipinski definition) is 5. The first-order valence-electron chi connectivity index (χ1n) is 15.6. The first kappa shape index (κ1) is 37.9. The molecule has 53 heavy (non-hydrogen) atoms. The molecule has 2 aromatic heterocycles. The van der Waals surface area contributed by atoms with Gasteiger partial charge in [-0.3, -0.25) is 14.4 Å². The van der Waals surface area contributed by atoms with Gasteiger partial charge in [0.15, 0.2) is 6.61 Å². The highest BCUT2D eigenvalue weighted by Gasteiger charge is 2.45. The third kappa shape index (κ3) is 10.8. The fourth-order valence-electron chi connectivity index (χ4n) is 4.65. The Bertz CT molecular complexity index is 2010. The van der Waals surface area contributed by atoms with Gasteiger partial charge in [0.1, 0.15) is 11.5 Å². The van der Waals surface area contributed by atoms with Crippen molar-refractivity contribution in [2.45, 2.75) is 31.0 Å². The number of amides is 3. The Morgan fingerprint density at radius 1 is 0.925 bits per heavy atom. The van der Waals surface area contributed by atoms with Gasteiger partial charge in [0.25, 0.3) is 5.91 Å². The molecular formula is C33H30ClF3N10O6. The highest BCUT2D eigenvalue weighted by Crippen LogP contribution is 2.48. The number of benzene rings is 2. The van der Waals surface area contributed by atoms with Crippen molar-refractivity contribution in [3.63, 3.8) is 0 Å². The summed E-state index contributed by atoms with van der Waals surface area (Å²) in [4.78, 5) is 69.6. The van der Waals surface area contributed by atoms with Crippen LogP contribution in [0.1, 0.15) is 35.2 Å². The summed E-state index contributed by atoms with van der Waals surface area (Å²) in [6.07, 6.45) is -2.24. The molecule has 0 spiro atoms. The van der Waals surface area contributed by atoms with E-state index in [0.29, 0.717) is 23.6 Å². The maximum absolute atomic E-state index is 13.0. The number of pyridine rings is 1. The Hall–Kier alpha value is -6.37. The second kappa shape index (κ2) is 16.3. The fourth-order valence-corrected chi connectivity index (χ4v) is 4.77. The predicted octanol–water partition coefficient (Wildman–Crippen LogP) is 4.19. The average molecular weight is 755 g/mol. The van der Waals surface area contributed by atoms with Gasteiger partial charge in [0.2, 0.25) is 11.9 Å². The number of anilines is 5. The molecule has 0 radical (unpaired) electrons. The normalized spacial score (nSPS) is 13.3. The number of ether oxygens (including phenoxy) is 2. The van der Waals surface area contributed by atoms with Gasteiger partial charge in [-0.1, -0.05) is 23.7 Å². The largest absolute Gasteiger partial charge is 0.465 e. The van der Waals surface area contributed by atoms with Gasteiger partial charge < -0.3 is 36.5 Å². The summed E-state index contributed by atoms with van der Waals surface area (Å²) in [6.45, 7) is -1.87. The molecule has 4 aromatic rings. The lowest BCUT2D eigenvalue weighted by atomic mass is 10.1.